The van der Waals surface area contributed by atoms with Gasteiger partial charge in [-0.05, 0) is 128 Å². The van der Waals surface area contributed by atoms with Crippen LogP contribution in [0.5, 0.6) is 0 Å². The van der Waals surface area contributed by atoms with Crippen LogP contribution in [0.15, 0.2) is 60.7 Å². The zero-order valence-corrected chi connectivity index (χ0v) is 29.2. The molecule has 0 saturated heterocycles. The van der Waals surface area contributed by atoms with Crippen LogP contribution in [0.25, 0.3) is 0 Å². The van der Waals surface area contributed by atoms with E-state index in [-0.39, 0.29) is 55.5 Å². The van der Waals surface area contributed by atoms with Crippen molar-refractivity contribution in [2.75, 3.05) is 0 Å². The topological polar surface area (TPSA) is 0 Å². The van der Waals surface area contributed by atoms with Crippen LogP contribution in [0, 0.1) is 70.6 Å². The fraction of sp³-hybridized carbons (Fsp3) is 0.579. The molecule has 0 heterocycles. The van der Waals surface area contributed by atoms with Gasteiger partial charge in [-0.3, -0.25) is 0 Å². The predicted molar refractivity (Wildman–Crippen MR) is 167 cm³/mol. The summed E-state index contributed by atoms with van der Waals surface area (Å²) in [5, 5.41) is 0. The monoisotopic (exact) mass is 692 g/mol. The Hall–Kier alpha value is -0.690. The van der Waals surface area contributed by atoms with E-state index >= 15 is 0 Å². The van der Waals surface area contributed by atoms with E-state index in [9.17, 15) is 0 Å². The maximum Gasteiger partial charge on any atom is 4.00 e. The molecule has 2 aromatic rings. The van der Waals surface area contributed by atoms with Gasteiger partial charge >= 0.3 is 25.8 Å². The van der Waals surface area contributed by atoms with E-state index in [1.165, 1.54) is 57.8 Å². The summed E-state index contributed by atoms with van der Waals surface area (Å²) >= 11 is 0. The molecule has 0 aliphatic heterocycles. The van der Waals surface area contributed by atoms with Gasteiger partial charge in [0, 0.05) is 0 Å². The van der Waals surface area contributed by atoms with Crippen LogP contribution in [0.4, 0.5) is 0 Å². The molecule has 0 nitrogen and oxygen atoms in total. The van der Waals surface area contributed by atoms with Gasteiger partial charge in [0.25, 0.3) is 0 Å². The van der Waals surface area contributed by atoms with Gasteiger partial charge in [-0.15, -0.1) is 0 Å². The molecule has 39 heavy (non-hydrogen) atoms. The molecule has 7 rings (SSSR count). The molecule has 1 heteroatoms. The summed E-state index contributed by atoms with van der Waals surface area (Å²) < 4.78 is 0. The number of fused-ring (bicyclic) bond motifs is 2. The average molecular weight is 691 g/mol. The Morgan fingerprint density at radius 1 is 0.436 bits per heavy atom. The summed E-state index contributed by atoms with van der Waals surface area (Å²) in [5.41, 5.74) is 4.02. The van der Waals surface area contributed by atoms with Crippen LogP contribution in [0.3, 0.4) is 0 Å². The van der Waals surface area contributed by atoms with Crippen molar-refractivity contribution in [3.8, 4) is 0 Å². The average Bonchev–Trinajstić information content (AvgIpc) is 3.50. The molecular formula is C38H56Hf. The summed E-state index contributed by atoms with van der Waals surface area (Å²) in [6.45, 7) is 0. The van der Waals surface area contributed by atoms with Gasteiger partial charge in [0.1, 0.15) is 0 Å². The van der Waals surface area contributed by atoms with Crippen LogP contribution < -0.4 is 0 Å². The summed E-state index contributed by atoms with van der Waals surface area (Å²) in [5.74, 6) is 7.75. The van der Waals surface area contributed by atoms with E-state index in [0.29, 0.717) is 0 Å². The Labute approximate surface area is 262 Å². The largest absolute Gasteiger partial charge is 4.00 e. The molecular weight excluding hydrogens is 635 g/mol. The maximum absolute atomic E-state index is 2.44. The molecule has 8 atom stereocenters. The quantitative estimate of drug-likeness (QED) is 0.221. The van der Waals surface area contributed by atoms with Crippen molar-refractivity contribution in [1.82, 2.24) is 0 Å². The molecule has 5 aliphatic carbocycles. The number of rotatable bonds is 4. The summed E-state index contributed by atoms with van der Waals surface area (Å²) in [4.78, 5) is 0. The minimum Gasteiger partial charge on any atom is -0.358 e. The summed E-state index contributed by atoms with van der Waals surface area (Å²) in [6.07, 6.45) is 19.7. The SMILES string of the molecule is [CH3-].[CH3-].[CH3-].[CH3-].[Hf+4].c1ccc(C2CCCC3C2CCC3C2(C3CCC4C(c5ccccc5)CCCC43)CCC2)cc1. The zero-order valence-electron chi connectivity index (χ0n) is 25.6. The fourth-order valence-electron chi connectivity index (χ4n) is 10.9. The smallest absolute Gasteiger partial charge is 0.358 e. The van der Waals surface area contributed by atoms with E-state index in [1.54, 1.807) is 36.8 Å². The van der Waals surface area contributed by atoms with E-state index < -0.39 is 0 Å². The third-order valence-corrected chi connectivity index (χ3v) is 12.1. The second-order valence-electron chi connectivity index (χ2n) is 13.0. The second-order valence-corrected chi connectivity index (χ2v) is 13.0. The number of hydrogen-bond acceptors (Lipinski definition) is 0. The van der Waals surface area contributed by atoms with Crippen LogP contribution in [-0.2, 0) is 25.8 Å². The minimum absolute atomic E-state index is 0. The molecule has 5 saturated carbocycles. The van der Waals surface area contributed by atoms with Crippen LogP contribution in [0.2, 0.25) is 0 Å². The van der Waals surface area contributed by atoms with Gasteiger partial charge in [-0.1, -0.05) is 79.9 Å². The Morgan fingerprint density at radius 2 is 0.846 bits per heavy atom. The first kappa shape index (κ1) is 34.5. The summed E-state index contributed by atoms with van der Waals surface area (Å²) in [7, 11) is 0. The van der Waals surface area contributed by atoms with Crippen molar-refractivity contribution in [3.05, 3.63) is 101 Å². The molecule has 5 fully saturated rings. The predicted octanol–water partition coefficient (Wildman–Crippen LogP) is 11.2. The van der Waals surface area contributed by atoms with Crippen LogP contribution in [-0.4, -0.2) is 0 Å². The fourth-order valence-corrected chi connectivity index (χ4v) is 10.9. The van der Waals surface area contributed by atoms with E-state index in [0.717, 1.165) is 52.8 Å². The second kappa shape index (κ2) is 14.5. The first-order chi connectivity index (χ1) is 16.9. The van der Waals surface area contributed by atoms with Gasteiger partial charge in [0.2, 0.25) is 0 Å². The third kappa shape index (κ3) is 5.83. The Kier molecular flexibility index (Phi) is 12.8. The Bertz CT molecular complexity index is 887. The van der Waals surface area contributed by atoms with E-state index in [1.807, 2.05) is 0 Å². The molecule has 8 unspecified atom stereocenters. The van der Waals surface area contributed by atoms with Gasteiger partial charge in [0.05, 0.1) is 0 Å². The van der Waals surface area contributed by atoms with Gasteiger partial charge in [-0.25, -0.2) is 0 Å². The Balaban J connectivity index is 0.00000107. The van der Waals surface area contributed by atoms with Crippen molar-refractivity contribution in [2.24, 2.45) is 40.9 Å². The van der Waals surface area contributed by atoms with Crippen molar-refractivity contribution in [3.63, 3.8) is 0 Å². The third-order valence-electron chi connectivity index (χ3n) is 12.1. The zero-order chi connectivity index (χ0) is 22.5. The molecule has 0 bridgehead atoms. The Morgan fingerprint density at radius 3 is 1.21 bits per heavy atom. The van der Waals surface area contributed by atoms with E-state index in [2.05, 4.69) is 60.7 Å². The molecule has 0 radical (unpaired) electrons. The normalized spacial score (nSPS) is 35.6. The standard InChI is InChI=1S/C34H44.4CH3.Hf/c1-3-10-24(11-4-1)26-14-7-16-30-28(26)18-20-32(30)34(22-9-23-34)33-21-19-29-27(15-8-17-31(29)33)25-12-5-2-6-13-25;;;;;/h1-6,10-13,26-33H,7-9,14-23H2;4*1H3;/q;4*-1;+4. The minimum atomic E-state index is 0. The molecule has 0 N–H and O–H groups in total. The van der Waals surface area contributed by atoms with Crippen molar-refractivity contribution in [2.45, 2.75) is 95.3 Å². The first-order valence-corrected chi connectivity index (χ1v) is 14.9. The summed E-state index contributed by atoms with van der Waals surface area (Å²) in [6, 6.07) is 23.3. The molecule has 0 aromatic heterocycles. The van der Waals surface area contributed by atoms with Crippen molar-refractivity contribution < 1.29 is 25.8 Å². The maximum atomic E-state index is 2.44. The number of benzene rings is 2. The van der Waals surface area contributed by atoms with Gasteiger partial charge < -0.3 is 29.7 Å². The first-order valence-electron chi connectivity index (χ1n) is 14.9. The molecule has 0 amide bonds. The number of hydrogen-bond donors (Lipinski definition) is 0. The van der Waals surface area contributed by atoms with E-state index in [4.69, 9.17) is 0 Å². The van der Waals surface area contributed by atoms with Gasteiger partial charge in [-0.2, -0.15) is 0 Å². The van der Waals surface area contributed by atoms with Crippen molar-refractivity contribution in [1.29, 1.82) is 0 Å². The molecule has 212 valence electrons. The molecule has 5 aliphatic rings. The van der Waals surface area contributed by atoms with Crippen LogP contribution >= 0.6 is 0 Å². The van der Waals surface area contributed by atoms with Crippen LogP contribution in [0.1, 0.15) is 106 Å². The molecule has 2 aromatic carbocycles. The molecule has 0 spiro atoms. The van der Waals surface area contributed by atoms with Gasteiger partial charge in [0.15, 0.2) is 0 Å². The van der Waals surface area contributed by atoms with Crippen molar-refractivity contribution >= 4 is 0 Å².